The highest BCUT2D eigenvalue weighted by Gasteiger charge is 2.36. The van der Waals surface area contributed by atoms with Gasteiger partial charge in [0.25, 0.3) is 10.0 Å². The lowest BCUT2D eigenvalue weighted by Crippen LogP contribution is -2.48. The number of carbonyl (C=O) groups is 1. The number of ether oxygens (including phenoxy) is 1. The Labute approximate surface area is 337 Å². The highest BCUT2D eigenvalue weighted by Crippen LogP contribution is 2.23. The Morgan fingerprint density at radius 2 is 0.807 bits per heavy atom. The van der Waals surface area contributed by atoms with E-state index in [-0.39, 0.29) is 26.1 Å². The summed E-state index contributed by atoms with van der Waals surface area (Å²) in [5, 5.41) is 0. The average Bonchev–Trinajstić information content (AvgIpc) is 3.11. The molecule has 4 aromatic rings. The van der Waals surface area contributed by atoms with E-state index in [2.05, 4.69) is 4.72 Å². The fourth-order valence-corrected chi connectivity index (χ4v) is 10.6. The number of amides is 1. The van der Waals surface area contributed by atoms with Crippen LogP contribution in [-0.4, -0.2) is 97.5 Å². The minimum absolute atomic E-state index is 0.0217. The number of rotatable bonds is 17. The molecule has 0 aromatic heterocycles. The summed E-state index contributed by atoms with van der Waals surface area (Å²) >= 11 is 0. The summed E-state index contributed by atoms with van der Waals surface area (Å²) < 4.78 is 121. The van der Waals surface area contributed by atoms with Gasteiger partial charge in [0.2, 0.25) is 30.1 Å². The van der Waals surface area contributed by atoms with Gasteiger partial charge in [0.1, 0.15) is 5.60 Å². The first kappa shape index (κ1) is 45.5. The van der Waals surface area contributed by atoms with Crippen LogP contribution in [0.1, 0.15) is 43.0 Å². The number of nitrogens with zero attached hydrogens (tertiary/aromatic N) is 3. The van der Waals surface area contributed by atoms with Crippen LogP contribution in [0.4, 0.5) is 4.79 Å². The normalized spacial score (nSPS) is 12.9. The van der Waals surface area contributed by atoms with Crippen LogP contribution in [0.3, 0.4) is 0 Å². The second-order valence-corrected chi connectivity index (χ2v) is 22.0. The van der Waals surface area contributed by atoms with Crippen molar-refractivity contribution in [2.24, 2.45) is 0 Å². The second kappa shape index (κ2) is 18.2. The van der Waals surface area contributed by atoms with E-state index >= 15 is 0 Å². The molecule has 0 aliphatic heterocycles. The number of carbonyl (C=O) groups excluding carboxylic acids is 1. The summed E-state index contributed by atoms with van der Waals surface area (Å²) in [5.74, 6) is 0. The van der Waals surface area contributed by atoms with Crippen molar-refractivity contribution in [1.29, 1.82) is 0 Å². The van der Waals surface area contributed by atoms with Gasteiger partial charge in [-0.2, -0.15) is 12.9 Å². The Hall–Kier alpha value is -4.17. The van der Waals surface area contributed by atoms with Crippen LogP contribution in [-0.2, 0) is 44.8 Å². The molecule has 0 spiro atoms. The van der Waals surface area contributed by atoms with E-state index in [1.807, 2.05) is 0 Å². The molecule has 0 bridgehead atoms. The van der Waals surface area contributed by atoms with Gasteiger partial charge in [-0.1, -0.05) is 70.8 Å². The maximum atomic E-state index is 14.3. The summed E-state index contributed by atoms with van der Waals surface area (Å²) in [6.45, 7) is 8.72. The Morgan fingerprint density at radius 3 is 1.18 bits per heavy atom. The number of nitrogens with one attached hydrogen (secondary N) is 1. The summed E-state index contributed by atoms with van der Waals surface area (Å²) in [7, 11) is -17.4. The zero-order chi connectivity index (χ0) is 42.4. The van der Waals surface area contributed by atoms with Gasteiger partial charge in [-0.05, 0) is 97.0 Å². The average molecular weight is 863 g/mol. The molecule has 0 fully saturated rings. The van der Waals surface area contributed by atoms with E-state index in [1.54, 1.807) is 97.0 Å². The van der Waals surface area contributed by atoms with Crippen LogP contribution in [0.25, 0.3) is 0 Å². The van der Waals surface area contributed by atoms with Crippen molar-refractivity contribution in [2.75, 3.05) is 39.3 Å². The first-order valence-electron chi connectivity index (χ1n) is 18.0. The van der Waals surface area contributed by atoms with Crippen molar-refractivity contribution < 1.29 is 43.2 Å². The minimum Gasteiger partial charge on any atom is -0.443 e. The Balaban J connectivity index is 1.72. The van der Waals surface area contributed by atoms with Crippen molar-refractivity contribution >= 4 is 46.2 Å². The molecule has 0 aliphatic rings. The van der Waals surface area contributed by atoms with Crippen molar-refractivity contribution in [2.45, 2.75) is 73.6 Å². The molecule has 1 N–H and O–H groups in total. The lowest BCUT2D eigenvalue weighted by Gasteiger charge is -2.30. The smallest absolute Gasteiger partial charge is 0.424 e. The van der Waals surface area contributed by atoms with Crippen molar-refractivity contribution in [3.63, 3.8) is 0 Å². The van der Waals surface area contributed by atoms with Gasteiger partial charge in [-0.25, -0.2) is 43.2 Å². The highest BCUT2D eigenvalue weighted by molar-refractivity contribution is 7.90. The van der Waals surface area contributed by atoms with Crippen molar-refractivity contribution in [3.8, 4) is 0 Å². The largest absolute Gasteiger partial charge is 0.443 e. The quantitative estimate of drug-likeness (QED) is 0.148. The molecule has 57 heavy (non-hydrogen) atoms. The molecule has 0 heterocycles. The fourth-order valence-electron chi connectivity index (χ4n) is 5.41. The molecule has 4 rings (SSSR count). The van der Waals surface area contributed by atoms with Crippen molar-refractivity contribution in [3.05, 3.63) is 119 Å². The molecule has 0 saturated carbocycles. The molecule has 310 valence electrons. The fraction of sp³-hybridized carbons (Fsp3) is 0.359. The molecule has 18 heteroatoms. The Kier molecular flexibility index (Phi) is 14.5. The zero-order valence-corrected chi connectivity index (χ0v) is 36.3. The van der Waals surface area contributed by atoms with Crippen LogP contribution in [0, 0.1) is 27.7 Å². The van der Waals surface area contributed by atoms with Crippen molar-refractivity contribution in [1.82, 2.24) is 17.6 Å². The molecule has 0 unspecified atom stereocenters. The minimum atomic E-state index is -4.58. The molecule has 1 amide bonds. The van der Waals surface area contributed by atoms with Crippen LogP contribution in [0.5, 0.6) is 0 Å². The predicted octanol–water partition coefficient (Wildman–Crippen LogP) is 5.21. The van der Waals surface area contributed by atoms with Gasteiger partial charge in [0.05, 0.1) is 26.1 Å². The number of hydrogen-bond acceptors (Lipinski definition) is 10. The van der Waals surface area contributed by atoms with E-state index in [1.165, 1.54) is 48.5 Å². The first-order chi connectivity index (χ1) is 26.4. The third-order valence-corrected chi connectivity index (χ3v) is 15.7. The van der Waals surface area contributed by atoms with Crippen LogP contribution < -0.4 is 4.72 Å². The molecular weight excluding hydrogens is 813 g/mol. The molecule has 14 nitrogen and oxygen atoms in total. The maximum Gasteiger partial charge on any atom is 0.424 e. The Bertz CT molecular complexity index is 2450. The summed E-state index contributed by atoms with van der Waals surface area (Å²) in [6, 6.07) is 23.7. The van der Waals surface area contributed by atoms with Gasteiger partial charge < -0.3 is 4.74 Å². The molecule has 0 saturated heterocycles. The SMILES string of the molecule is Cc1ccc(S(=O)(=O)NCCN(CCN(CCN(C(=O)OC(C)(C)C)S(=O)(=O)c2ccc(C)cc2)S(=O)(=O)c2ccc(C)cc2)S(=O)(=O)c2ccc(C)cc2)cc1. The van der Waals surface area contributed by atoms with Gasteiger partial charge in [-0.15, -0.1) is 0 Å². The molecular formula is C39H50N4O10S4. The van der Waals surface area contributed by atoms with Gasteiger partial charge in [-0.3, -0.25) is 0 Å². The summed E-state index contributed by atoms with van der Waals surface area (Å²) in [4.78, 5) is 13.0. The lowest BCUT2D eigenvalue weighted by atomic mass is 10.2. The van der Waals surface area contributed by atoms with Gasteiger partial charge in [0, 0.05) is 32.7 Å². The van der Waals surface area contributed by atoms with Crippen LogP contribution >= 0.6 is 0 Å². The molecule has 0 aliphatic carbocycles. The predicted molar refractivity (Wildman–Crippen MR) is 218 cm³/mol. The van der Waals surface area contributed by atoms with Gasteiger partial charge in [0.15, 0.2) is 0 Å². The molecule has 0 radical (unpaired) electrons. The number of hydrogen-bond donors (Lipinski definition) is 1. The second-order valence-electron chi connectivity index (χ2n) is 14.5. The molecule has 4 aromatic carbocycles. The number of aryl methyl sites for hydroxylation is 4. The monoisotopic (exact) mass is 862 g/mol. The third-order valence-electron chi connectivity index (χ3n) is 8.66. The van der Waals surface area contributed by atoms with E-state index < -0.39 is 84.5 Å². The third kappa shape index (κ3) is 11.9. The Morgan fingerprint density at radius 1 is 0.491 bits per heavy atom. The van der Waals surface area contributed by atoms with E-state index in [0.717, 1.165) is 30.9 Å². The number of benzene rings is 4. The van der Waals surface area contributed by atoms with Crippen LogP contribution in [0.15, 0.2) is 117 Å². The maximum absolute atomic E-state index is 14.3. The van der Waals surface area contributed by atoms with Gasteiger partial charge >= 0.3 is 6.09 Å². The molecule has 0 atom stereocenters. The standard InChI is InChI=1S/C39H50N4O10S4/c1-30-8-16-34(17-9-30)54(45,46)40-24-25-41(55(47,48)35-18-10-31(2)11-19-35)26-27-42(56(49,50)36-20-12-32(3)13-21-36)28-29-43(38(44)53-39(5,6)7)57(51,52)37-22-14-33(4)15-23-37/h8-23,40H,24-29H2,1-7H3. The van der Waals surface area contributed by atoms with E-state index in [0.29, 0.717) is 4.31 Å². The van der Waals surface area contributed by atoms with E-state index in [4.69, 9.17) is 4.74 Å². The lowest BCUT2D eigenvalue weighted by molar-refractivity contribution is 0.0386. The van der Waals surface area contributed by atoms with Crippen LogP contribution in [0.2, 0.25) is 0 Å². The number of sulfonamides is 4. The van der Waals surface area contributed by atoms with E-state index in [9.17, 15) is 38.5 Å². The summed E-state index contributed by atoms with van der Waals surface area (Å²) in [5.41, 5.74) is 2.05. The topological polar surface area (TPSA) is 185 Å². The first-order valence-corrected chi connectivity index (χ1v) is 23.8. The summed E-state index contributed by atoms with van der Waals surface area (Å²) in [6.07, 6.45) is -1.24. The zero-order valence-electron chi connectivity index (χ0n) is 33.0. The highest BCUT2D eigenvalue weighted by atomic mass is 32.2.